The number of esters is 1. The molecule has 9 nitrogen and oxygen atoms in total. The Morgan fingerprint density at radius 1 is 0.976 bits per heavy atom. The summed E-state index contributed by atoms with van der Waals surface area (Å²) in [4.78, 5) is 42.8. The molecule has 0 aliphatic rings. The van der Waals surface area contributed by atoms with Crippen LogP contribution in [-0.4, -0.2) is 35.7 Å². The Bertz CT molecular complexity index is 1390. The number of benzene rings is 2. The zero-order chi connectivity index (χ0) is 30.3. The zero-order valence-electron chi connectivity index (χ0n) is 24.9. The molecule has 3 rings (SSSR count). The summed E-state index contributed by atoms with van der Waals surface area (Å²) in [7, 11) is 1.30. The monoisotopic (exact) mass is 560 g/mol. The fraction of sp³-hybridized carbons (Fsp3) is 0.375. The van der Waals surface area contributed by atoms with Gasteiger partial charge in [0.25, 0.3) is 5.91 Å². The van der Waals surface area contributed by atoms with Gasteiger partial charge in [0, 0.05) is 35.5 Å². The van der Waals surface area contributed by atoms with Crippen molar-refractivity contribution in [2.75, 3.05) is 12.4 Å². The lowest BCUT2D eigenvalue weighted by Crippen LogP contribution is -2.32. The predicted molar refractivity (Wildman–Crippen MR) is 160 cm³/mol. The van der Waals surface area contributed by atoms with Gasteiger partial charge in [-0.3, -0.25) is 9.78 Å². The molecule has 0 saturated carbocycles. The molecule has 41 heavy (non-hydrogen) atoms. The van der Waals surface area contributed by atoms with E-state index in [1.165, 1.54) is 7.11 Å². The average molecular weight is 561 g/mol. The first-order valence-corrected chi connectivity index (χ1v) is 13.6. The number of carbonyl (C=O) groups is 3. The first-order valence-electron chi connectivity index (χ1n) is 13.6. The first-order chi connectivity index (χ1) is 19.3. The number of rotatable bonds is 9. The molecule has 0 aliphatic heterocycles. The maximum Gasteiger partial charge on any atom is 0.407 e. The molecule has 0 atom stereocenters. The third kappa shape index (κ3) is 8.38. The number of nitrogens with zero attached hydrogens (tertiary/aromatic N) is 1. The number of hydrogen-bond donors (Lipinski definition) is 3. The molecule has 0 radical (unpaired) electrons. The van der Waals surface area contributed by atoms with E-state index in [1.807, 2.05) is 31.2 Å². The van der Waals surface area contributed by atoms with Crippen molar-refractivity contribution in [3.05, 3.63) is 82.2 Å². The summed E-state index contributed by atoms with van der Waals surface area (Å²) in [5.41, 5.74) is 11.2. The lowest BCUT2D eigenvalue weighted by atomic mass is 9.92. The number of hydrogen-bond acceptors (Lipinski definition) is 7. The second-order valence-electron chi connectivity index (χ2n) is 11.2. The molecular weight excluding hydrogens is 520 g/mol. The van der Waals surface area contributed by atoms with Gasteiger partial charge in [-0.15, -0.1) is 0 Å². The minimum absolute atomic E-state index is 0.148. The number of aromatic nitrogens is 1. The number of carbonyl (C=O) groups excluding carboxylic acids is 3. The number of aryl methyl sites for hydroxylation is 1. The number of nitrogens with one attached hydrogen (secondary N) is 2. The average Bonchev–Trinajstić information content (AvgIpc) is 2.92. The zero-order valence-corrected chi connectivity index (χ0v) is 24.9. The molecule has 218 valence electrons. The summed E-state index contributed by atoms with van der Waals surface area (Å²) in [5, 5.41) is 5.92. The second-order valence-corrected chi connectivity index (χ2v) is 11.2. The highest BCUT2D eigenvalue weighted by Gasteiger charge is 2.24. The Kier molecular flexibility index (Phi) is 10.2. The van der Waals surface area contributed by atoms with Crippen molar-refractivity contribution < 1.29 is 23.9 Å². The number of ether oxygens (including phenoxy) is 2. The van der Waals surface area contributed by atoms with E-state index >= 15 is 0 Å². The molecule has 0 unspecified atom stereocenters. The van der Waals surface area contributed by atoms with Crippen LogP contribution in [0.25, 0.3) is 11.1 Å². The Labute approximate surface area is 241 Å². The SMILES string of the molecule is COC(=O)c1ccc(C(=O)Nc2c(C)nc(CC(C)C)c(CNC(=O)OC(C)(C)C)c2-c2ccc(CN)cc2)cc1. The minimum atomic E-state index is -0.653. The van der Waals surface area contributed by atoms with Gasteiger partial charge >= 0.3 is 12.1 Å². The summed E-state index contributed by atoms with van der Waals surface area (Å²) in [5.74, 6) is -0.555. The maximum atomic E-state index is 13.4. The van der Waals surface area contributed by atoms with Crippen molar-refractivity contribution in [2.45, 2.75) is 66.7 Å². The van der Waals surface area contributed by atoms with Crippen molar-refractivity contribution in [1.29, 1.82) is 0 Å². The molecule has 2 amide bonds. The van der Waals surface area contributed by atoms with Crippen molar-refractivity contribution in [1.82, 2.24) is 10.3 Å². The Morgan fingerprint density at radius 3 is 2.12 bits per heavy atom. The molecule has 0 saturated heterocycles. The highest BCUT2D eigenvalue weighted by molar-refractivity contribution is 6.07. The van der Waals surface area contributed by atoms with Gasteiger partial charge in [-0.1, -0.05) is 38.1 Å². The van der Waals surface area contributed by atoms with Gasteiger partial charge in [0.1, 0.15) is 5.60 Å². The van der Waals surface area contributed by atoms with Crippen LogP contribution in [0, 0.1) is 12.8 Å². The molecule has 0 fully saturated rings. The van der Waals surface area contributed by atoms with Crippen LogP contribution in [0.2, 0.25) is 0 Å². The van der Waals surface area contributed by atoms with Crippen molar-refractivity contribution in [3.63, 3.8) is 0 Å². The topological polar surface area (TPSA) is 133 Å². The second kappa shape index (κ2) is 13.4. The predicted octanol–water partition coefficient (Wildman–Crippen LogP) is 5.78. The van der Waals surface area contributed by atoms with Gasteiger partial charge in [0.05, 0.1) is 24.1 Å². The highest BCUT2D eigenvalue weighted by Crippen LogP contribution is 2.37. The van der Waals surface area contributed by atoms with E-state index in [-0.39, 0.29) is 12.5 Å². The van der Waals surface area contributed by atoms with E-state index in [1.54, 1.807) is 45.0 Å². The van der Waals surface area contributed by atoms with Crippen LogP contribution >= 0.6 is 0 Å². The lowest BCUT2D eigenvalue weighted by molar-refractivity contribution is 0.0522. The van der Waals surface area contributed by atoms with Crippen LogP contribution in [0.3, 0.4) is 0 Å². The van der Waals surface area contributed by atoms with Crippen molar-refractivity contribution >= 4 is 23.7 Å². The van der Waals surface area contributed by atoms with Gasteiger partial charge in [-0.25, -0.2) is 9.59 Å². The van der Waals surface area contributed by atoms with Crippen LogP contribution in [0.15, 0.2) is 48.5 Å². The molecular formula is C32H40N4O5. The van der Waals surface area contributed by atoms with E-state index in [0.717, 1.165) is 27.9 Å². The molecule has 9 heteroatoms. The number of alkyl carbamates (subject to hydrolysis) is 1. The largest absolute Gasteiger partial charge is 0.465 e. The smallest absolute Gasteiger partial charge is 0.407 e. The number of methoxy groups -OCH3 is 1. The lowest BCUT2D eigenvalue weighted by Gasteiger charge is -2.24. The summed E-state index contributed by atoms with van der Waals surface area (Å²) in [6, 6.07) is 14.0. The summed E-state index contributed by atoms with van der Waals surface area (Å²) in [6.07, 6.45) is 0.123. The summed E-state index contributed by atoms with van der Waals surface area (Å²) >= 11 is 0. The molecule has 2 aromatic carbocycles. The Hall–Kier alpha value is -4.24. The number of nitrogens with two attached hydrogens (primary N) is 1. The minimum Gasteiger partial charge on any atom is -0.465 e. The standard InChI is InChI=1S/C32H40N4O5/c1-19(2)16-26-25(18-34-31(39)41-32(4,5)6)27(22-10-8-21(17-33)9-11-22)28(20(3)35-26)36-29(37)23-12-14-24(15-13-23)30(38)40-7/h8-15,19H,16-18,33H2,1-7H3,(H,34,39)(H,36,37). The van der Waals surface area contributed by atoms with Gasteiger partial charge in [0.15, 0.2) is 0 Å². The van der Waals surface area contributed by atoms with Crippen molar-refractivity contribution in [2.24, 2.45) is 11.7 Å². The Morgan fingerprint density at radius 2 is 1.59 bits per heavy atom. The van der Waals surface area contributed by atoms with Gasteiger partial charge in [-0.05, 0) is 75.4 Å². The number of amides is 2. The molecule has 3 aromatic rings. The maximum absolute atomic E-state index is 13.4. The van der Waals surface area contributed by atoms with Crippen LogP contribution in [0.1, 0.15) is 77.8 Å². The van der Waals surface area contributed by atoms with Crippen LogP contribution in [0.4, 0.5) is 10.5 Å². The third-order valence-corrected chi connectivity index (χ3v) is 6.26. The van der Waals surface area contributed by atoms with Gasteiger partial charge in [0.2, 0.25) is 0 Å². The van der Waals surface area contributed by atoms with Gasteiger partial charge < -0.3 is 25.8 Å². The van der Waals surface area contributed by atoms with Gasteiger partial charge in [-0.2, -0.15) is 0 Å². The molecule has 0 bridgehead atoms. The molecule has 1 aromatic heterocycles. The highest BCUT2D eigenvalue weighted by atomic mass is 16.6. The van der Waals surface area contributed by atoms with E-state index < -0.39 is 17.7 Å². The summed E-state index contributed by atoms with van der Waals surface area (Å²) in [6.45, 7) is 12.0. The fourth-order valence-electron chi connectivity index (χ4n) is 4.36. The quantitative estimate of drug-likeness (QED) is 0.283. The van der Waals surface area contributed by atoms with Crippen molar-refractivity contribution in [3.8, 4) is 11.1 Å². The molecule has 4 N–H and O–H groups in total. The Balaban J connectivity index is 2.13. The normalized spacial score (nSPS) is 11.2. The van der Waals surface area contributed by atoms with E-state index in [2.05, 4.69) is 24.5 Å². The van der Waals surface area contributed by atoms with E-state index in [9.17, 15) is 14.4 Å². The van der Waals surface area contributed by atoms with Crippen LogP contribution < -0.4 is 16.4 Å². The third-order valence-electron chi connectivity index (χ3n) is 6.26. The van der Waals surface area contributed by atoms with E-state index in [0.29, 0.717) is 41.4 Å². The molecule has 0 spiro atoms. The van der Waals surface area contributed by atoms with E-state index in [4.69, 9.17) is 20.2 Å². The van der Waals surface area contributed by atoms with Crippen LogP contribution in [0.5, 0.6) is 0 Å². The summed E-state index contributed by atoms with van der Waals surface area (Å²) < 4.78 is 10.2. The fourth-order valence-corrected chi connectivity index (χ4v) is 4.36. The molecule has 0 aliphatic carbocycles. The van der Waals surface area contributed by atoms with Crippen LogP contribution in [-0.2, 0) is 29.0 Å². The first kappa shape index (κ1) is 31.3. The number of anilines is 1. The molecule has 1 heterocycles. The number of pyridine rings is 1.